The monoisotopic (exact) mass is 359 g/mol. The molecule has 5 nitrogen and oxygen atoms in total. The number of halogens is 2. The Bertz CT molecular complexity index is 865. The van der Waals surface area contributed by atoms with Crippen LogP contribution in [0.2, 0.25) is 5.02 Å². The Morgan fingerprint density at radius 1 is 1.20 bits per heavy atom. The van der Waals surface area contributed by atoms with Crippen molar-refractivity contribution in [3.63, 3.8) is 0 Å². The predicted octanol–water partition coefficient (Wildman–Crippen LogP) is 3.74. The van der Waals surface area contributed by atoms with Crippen LogP contribution in [0.4, 0.5) is 10.1 Å². The van der Waals surface area contributed by atoms with Crippen molar-refractivity contribution in [2.24, 2.45) is 0 Å². The lowest BCUT2D eigenvalue weighted by Gasteiger charge is -2.06. The highest BCUT2D eigenvalue weighted by molar-refractivity contribution is 6.30. The summed E-state index contributed by atoms with van der Waals surface area (Å²) in [6.07, 6.45) is 3.13. The third-order valence-electron chi connectivity index (χ3n) is 3.39. The number of anilines is 1. The first-order valence-corrected chi connectivity index (χ1v) is 7.92. The van der Waals surface area contributed by atoms with E-state index < -0.39 is 0 Å². The number of amides is 1. The highest BCUT2D eigenvalue weighted by Crippen LogP contribution is 2.15. The highest BCUT2D eigenvalue weighted by atomic mass is 35.5. The maximum Gasteiger partial charge on any atom is 0.262 e. The lowest BCUT2D eigenvalue weighted by atomic mass is 10.2. The first-order chi connectivity index (χ1) is 12.1. The van der Waals surface area contributed by atoms with Gasteiger partial charge in [0, 0.05) is 16.8 Å². The number of hydrogen-bond acceptors (Lipinski definition) is 3. The molecule has 0 unspecified atom stereocenters. The number of aromatic nitrogens is 2. The number of benzene rings is 2. The van der Waals surface area contributed by atoms with Crippen LogP contribution < -0.4 is 10.1 Å². The fourth-order valence-electron chi connectivity index (χ4n) is 2.19. The standard InChI is InChI=1S/C18H15ClFN3O2/c19-14-5-7-16(8-6-14)25-12-18(24)22-15-9-21-23(11-15)10-13-3-1-2-4-17(13)20/h1-9,11H,10,12H2,(H,22,24). The van der Waals surface area contributed by atoms with E-state index in [2.05, 4.69) is 10.4 Å². The molecule has 0 spiro atoms. The summed E-state index contributed by atoms with van der Waals surface area (Å²) in [5.74, 6) is -0.0601. The van der Waals surface area contributed by atoms with E-state index in [9.17, 15) is 9.18 Å². The second kappa shape index (κ2) is 7.81. The SMILES string of the molecule is O=C(COc1ccc(Cl)cc1)Nc1cnn(Cc2ccccc2F)c1. The van der Waals surface area contributed by atoms with Crippen LogP contribution in [0, 0.1) is 5.82 Å². The Morgan fingerprint density at radius 2 is 1.96 bits per heavy atom. The predicted molar refractivity (Wildman–Crippen MR) is 93.3 cm³/mol. The summed E-state index contributed by atoms with van der Waals surface area (Å²) in [4.78, 5) is 11.9. The van der Waals surface area contributed by atoms with E-state index in [-0.39, 0.29) is 24.9 Å². The third kappa shape index (κ3) is 4.81. The van der Waals surface area contributed by atoms with Gasteiger partial charge in [0.15, 0.2) is 6.61 Å². The Labute approximate surface area is 149 Å². The van der Waals surface area contributed by atoms with Gasteiger partial charge in [0.1, 0.15) is 11.6 Å². The van der Waals surface area contributed by atoms with Gasteiger partial charge in [-0.15, -0.1) is 0 Å². The van der Waals surface area contributed by atoms with Gasteiger partial charge in [-0.25, -0.2) is 4.39 Å². The molecule has 0 aliphatic rings. The molecule has 3 rings (SSSR count). The quantitative estimate of drug-likeness (QED) is 0.729. The van der Waals surface area contributed by atoms with Crippen molar-refractivity contribution in [2.75, 3.05) is 11.9 Å². The Hall–Kier alpha value is -2.86. The van der Waals surface area contributed by atoms with Crippen LogP contribution in [0.1, 0.15) is 5.56 Å². The molecule has 0 bridgehead atoms. The van der Waals surface area contributed by atoms with E-state index in [4.69, 9.17) is 16.3 Å². The average molecular weight is 360 g/mol. The molecule has 25 heavy (non-hydrogen) atoms. The molecular weight excluding hydrogens is 345 g/mol. The smallest absolute Gasteiger partial charge is 0.262 e. The number of hydrogen-bond donors (Lipinski definition) is 1. The Balaban J connectivity index is 1.53. The summed E-state index contributed by atoms with van der Waals surface area (Å²) in [7, 11) is 0. The maximum atomic E-state index is 13.6. The van der Waals surface area contributed by atoms with Crippen molar-refractivity contribution in [3.8, 4) is 5.75 Å². The van der Waals surface area contributed by atoms with Gasteiger partial charge in [0.25, 0.3) is 5.91 Å². The number of nitrogens with zero attached hydrogens (tertiary/aromatic N) is 2. The summed E-state index contributed by atoms with van der Waals surface area (Å²) in [5, 5.41) is 7.39. The zero-order valence-corrected chi connectivity index (χ0v) is 13.9. The highest BCUT2D eigenvalue weighted by Gasteiger charge is 2.07. The molecule has 0 aliphatic carbocycles. The lowest BCUT2D eigenvalue weighted by molar-refractivity contribution is -0.118. The number of carbonyl (C=O) groups is 1. The van der Waals surface area contributed by atoms with E-state index in [0.29, 0.717) is 22.0 Å². The van der Waals surface area contributed by atoms with E-state index >= 15 is 0 Å². The van der Waals surface area contributed by atoms with Gasteiger partial charge >= 0.3 is 0 Å². The molecule has 0 saturated heterocycles. The van der Waals surface area contributed by atoms with Gasteiger partial charge in [-0.3, -0.25) is 9.48 Å². The van der Waals surface area contributed by atoms with Crippen LogP contribution in [0.5, 0.6) is 5.75 Å². The van der Waals surface area contributed by atoms with Gasteiger partial charge in [0.05, 0.1) is 18.4 Å². The largest absolute Gasteiger partial charge is 0.484 e. The summed E-state index contributed by atoms with van der Waals surface area (Å²) in [5.41, 5.74) is 1.04. The second-order valence-corrected chi connectivity index (χ2v) is 5.75. The van der Waals surface area contributed by atoms with Crippen molar-refractivity contribution in [1.29, 1.82) is 0 Å². The lowest BCUT2D eigenvalue weighted by Crippen LogP contribution is -2.19. The van der Waals surface area contributed by atoms with Crippen LogP contribution in [0.25, 0.3) is 0 Å². The summed E-state index contributed by atoms with van der Waals surface area (Å²) >= 11 is 5.78. The topological polar surface area (TPSA) is 56.1 Å². The molecule has 0 atom stereocenters. The molecule has 0 fully saturated rings. The number of nitrogens with one attached hydrogen (secondary N) is 1. The van der Waals surface area contributed by atoms with E-state index in [0.717, 1.165) is 0 Å². The fraction of sp³-hybridized carbons (Fsp3) is 0.111. The molecule has 128 valence electrons. The molecule has 1 amide bonds. The molecule has 7 heteroatoms. The minimum absolute atomic E-state index is 0.139. The van der Waals surface area contributed by atoms with Crippen LogP contribution in [-0.2, 0) is 11.3 Å². The number of ether oxygens (including phenoxy) is 1. The van der Waals surface area contributed by atoms with Crippen LogP contribution in [0.15, 0.2) is 60.9 Å². The molecule has 1 aromatic heterocycles. The minimum atomic E-state index is -0.319. The van der Waals surface area contributed by atoms with Crippen molar-refractivity contribution in [2.45, 2.75) is 6.54 Å². The molecule has 1 N–H and O–H groups in total. The number of carbonyl (C=O) groups excluding carboxylic acids is 1. The zero-order valence-electron chi connectivity index (χ0n) is 13.2. The average Bonchev–Trinajstić information content (AvgIpc) is 3.03. The van der Waals surface area contributed by atoms with E-state index in [1.165, 1.54) is 12.3 Å². The second-order valence-electron chi connectivity index (χ2n) is 5.31. The first-order valence-electron chi connectivity index (χ1n) is 7.54. The van der Waals surface area contributed by atoms with Gasteiger partial charge in [0.2, 0.25) is 0 Å². The van der Waals surface area contributed by atoms with Gasteiger partial charge in [-0.1, -0.05) is 29.8 Å². The Kier molecular flexibility index (Phi) is 5.30. The molecular formula is C18H15ClFN3O2. The summed E-state index contributed by atoms with van der Waals surface area (Å²) in [6, 6.07) is 13.2. The summed E-state index contributed by atoms with van der Waals surface area (Å²) < 4.78 is 20.6. The first kappa shape index (κ1) is 17.0. The normalized spacial score (nSPS) is 10.5. The molecule has 1 heterocycles. The molecule has 0 radical (unpaired) electrons. The van der Waals surface area contributed by atoms with Crippen LogP contribution in [0.3, 0.4) is 0 Å². The van der Waals surface area contributed by atoms with Gasteiger partial charge < -0.3 is 10.1 Å². The summed E-state index contributed by atoms with van der Waals surface area (Å²) in [6.45, 7) is 0.143. The van der Waals surface area contributed by atoms with Gasteiger partial charge in [-0.2, -0.15) is 5.10 Å². The van der Waals surface area contributed by atoms with E-state index in [1.807, 2.05) is 0 Å². The zero-order chi connectivity index (χ0) is 17.6. The van der Waals surface area contributed by atoms with E-state index in [1.54, 1.807) is 53.3 Å². The molecule has 2 aromatic carbocycles. The van der Waals surface area contributed by atoms with Crippen LogP contribution >= 0.6 is 11.6 Å². The van der Waals surface area contributed by atoms with Crippen molar-refractivity contribution >= 4 is 23.2 Å². The molecule has 0 aliphatic heterocycles. The van der Waals surface area contributed by atoms with Crippen molar-refractivity contribution in [3.05, 3.63) is 77.3 Å². The number of rotatable bonds is 6. The third-order valence-corrected chi connectivity index (χ3v) is 3.64. The molecule has 0 saturated carbocycles. The minimum Gasteiger partial charge on any atom is -0.484 e. The maximum absolute atomic E-state index is 13.6. The molecule has 3 aromatic rings. The van der Waals surface area contributed by atoms with Crippen molar-refractivity contribution in [1.82, 2.24) is 9.78 Å². The van der Waals surface area contributed by atoms with Crippen molar-refractivity contribution < 1.29 is 13.9 Å². The fourth-order valence-corrected chi connectivity index (χ4v) is 2.32. The van der Waals surface area contributed by atoms with Gasteiger partial charge in [-0.05, 0) is 30.3 Å². The van der Waals surface area contributed by atoms with Crippen LogP contribution in [-0.4, -0.2) is 22.3 Å². The Morgan fingerprint density at radius 3 is 2.72 bits per heavy atom.